The quantitative estimate of drug-likeness (QED) is 0.654. The number of rotatable bonds is 4. The molecule has 3 rings (SSSR count). The van der Waals surface area contributed by atoms with Gasteiger partial charge in [0.2, 0.25) is 5.91 Å². The zero-order chi connectivity index (χ0) is 18.9. The zero-order valence-corrected chi connectivity index (χ0v) is 16.2. The summed E-state index contributed by atoms with van der Waals surface area (Å²) in [5, 5.41) is 4.59. The van der Waals surface area contributed by atoms with Gasteiger partial charge in [-0.25, -0.2) is 0 Å². The van der Waals surface area contributed by atoms with Gasteiger partial charge in [-0.2, -0.15) is 0 Å². The molecule has 0 spiro atoms. The van der Waals surface area contributed by atoms with Crippen LogP contribution in [0.4, 0.5) is 5.69 Å². The van der Waals surface area contributed by atoms with E-state index in [-0.39, 0.29) is 17.7 Å². The van der Waals surface area contributed by atoms with Crippen LogP contribution in [-0.4, -0.2) is 18.0 Å². The molecule has 0 saturated carbocycles. The molecule has 0 saturated heterocycles. The van der Waals surface area contributed by atoms with Crippen LogP contribution in [0.15, 0.2) is 42.5 Å². The molecule has 5 heteroatoms. The van der Waals surface area contributed by atoms with Crippen LogP contribution in [0.5, 0.6) is 5.75 Å². The Hall–Kier alpha value is -2.46. The highest BCUT2D eigenvalue weighted by Gasteiger charge is 2.18. The van der Waals surface area contributed by atoms with Crippen molar-refractivity contribution in [1.29, 1.82) is 0 Å². The number of H-pyrrole nitrogens is 1. The molecule has 0 aliphatic heterocycles. The zero-order valence-electron chi connectivity index (χ0n) is 15.4. The summed E-state index contributed by atoms with van der Waals surface area (Å²) in [6.45, 7) is 6.46. The first-order valence-corrected chi connectivity index (χ1v) is 8.90. The van der Waals surface area contributed by atoms with Crippen molar-refractivity contribution in [2.24, 2.45) is 0 Å². The number of fused-ring (bicyclic) bond motifs is 1. The van der Waals surface area contributed by atoms with Gasteiger partial charge in [-0.3, -0.25) is 4.79 Å². The molecule has 136 valence electrons. The van der Waals surface area contributed by atoms with Crippen LogP contribution < -0.4 is 10.1 Å². The molecule has 2 N–H and O–H groups in total. The van der Waals surface area contributed by atoms with Gasteiger partial charge in [0.15, 0.2) is 0 Å². The monoisotopic (exact) mass is 370 g/mol. The third kappa shape index (κ3) is 3.86. The molecule has 1 heterocycles. The number of amides is 1. The summed E-state index contributed by atoms with van der Waals surface area (Å²) in [6, 6.07) is 13.2. The third-order valence-corrected chi connectivity index (χ3v) is 4.57. The SMILES string of the molecule is COc1ccc(Cl)cc1CC(=O)Nc1cccc2[nH]c(C(C)(C)C)cc12. The van der Waals surface area contributed by atoms with Crippen LogP contribution in [0.3, 0.4) is 0 Å². The number of methoxy groups -OCH3 is 1. The number of halogens is 1. The topological polar surface area (TPSA) is 54.1 Å². The molecule has 0 aliphatic carbocycles. The largest absolute Gasteiger partial charge is 0.496 e. The van der Waals surface area contributed by atoms with Crippen LogP contribution in [-0.2, 0) is 16.6 Å². The van der Waals surface area contributed by atoms with E-state index in [9.17, 15) is 4.79 Å². The van der Waals surface area contributed by atoms with Crippen LogP contribution >= 0.6 is 11.6 Å². The first-order chi connectivity index (χ1) is 12.3. The third-order valence-electron chi connectivity index (χ3n) is 4.34. The highest BCUT2D eigenvalue weighted by molar-refractivity contribution is 6.30. The molecular formula is C21H23ClN2O2. The lowest BCUT2D eigenvalue weighted by molar-refractivity contribution is -0.115. The van der Waals surface area contributed by atoms with Gasteiger partial charge in [-0.1, -0.05) is 38.4 Å². The van der Waals surface area contributed by atoms with Crippen LogP contribution in [0.2, 0.25) is 5.02 Å². The number of carbonyl (C=O) groups is 1. The summed E-state index contributed by atoms with van der Waals surface area (Å²) in [5.41, 5.74) is 3.70. The second-order valence-electron chi connectivity index (χ2n) is 7.38. The van der Waals surface area contributed by atoms with Crippen molar-refractivity contribution in [2.45, 2.75) is 32.6 Å². The molecule has 0 aliphatic rings. The molecule has 4 nitrogen and oxygen atoms in total. The maximum atomic E-state index is 12.6. The smallest absolute Gasteiger partial charge is 0.228 e. The van der Waals surface area contributed by atoms with Gasteiger partial charge in [0.25, 0.3) is 0 Å². The fraction of sp³-hybridized carbons (Fsp3) is 0.286. The van der Waals surface area contributed by atoms with Crippen LogP contribution in [0.25, 0.3) is 10.9 Å². The van der Waals surface area contributed by atoms with Crippen LogP contribution in [0, 0.1) is 0 Å². The minimum atomic E-state index is -0.114. The minimum Gasteiger partial charge on any atom is -0.496 e. The summed E-state index contributed by atoms with van der Waals surface area (Å²) in [4.78, 5) is 16.0. The van der Waals surface area contributed by atoms with Crippen molar-refractivity contribution in [3.05, 3.63) is 58.7 Å². The Labute approximate surface area is 158 Å². The van der Waals surface area contributed by atoms with Crippen LogP contribution in [0.1, 0.15) is 32.0 Å². The molecule has 26 heavy (non-hydrogen) atoms. The molecule has 0 fully saturated rings. The minimum absolute atomic E-state index is 0.00839. The van der Waals surface area contributed by atoms with Gasteiger partial charge in [0.05, 0.1) is 19.2 Å². The summed E-state index contributed by atoms with van der Waals surface area (Å²) in [6.07, 6.45) is 0.191. The standard InChI is InChI=1S/C21H23ClN2O2/c1-21(2,3)19-12-15-16(23-19)6-5-7-17(15)24-20(25)11-13-10-14(22)8-9-18(13)26-4/h5-10,12,23H,11H2,1-4H3,(H,24,25). The average Bonchev–Trinajstić information content (AvgIpc) is 3.00. The molecular weight excluding hydrogens is 348 g/mol. The molecule has 2 aromatic carbocycles. The molecule has 1 aromatic heterocycles. The van der Waals surface area contributed by atoms with Gasteiger partial charge in [0, 0.05) is 32.6 Å². The summed E-state index contributed by atoms with van der Waals surface area (Å²) in [5.74, 6) is 0.538. The maximum absolute atomic E-state index is 12.6. The van der Waals surface area contributed by atoms with E-state index in [0.717, 1.165) is 27.8 Å². The van der Waals surface area contributed by atoms with Gasteiger partial charge in [-0.05, 0) is 36.4 Å². The Morgan fingerprint density at radius 3 is 2.65 bits per heavy atom. The molecule has 1 amide bonds. The number of hydrogen-bond acceptors (Lipinski definition) is 2. The average molecular weight is 371 g/mol. The van der Waals surface area contributed by atoms with Crippen molar-refractivity contribution in [3.8, 4) is 5.75 Å². The highest BCUT2D eigenvalue weighted by atomic mass is 35.5. The normalized spacial score (nSPS) is 11.6. The van der Waals surface area contributed by atoms with Crippen molar-refractivity contribution >= 4 is 34.1 Å². The van der Waals surface area contributed by atoms with E-state index in [1.165, 1.54) is 0 Å². The van der Waals surface area contributed by atoms with E-state index < -0.39 is 0 Å². The van der Waals surface area contributed by atoms with E-state index >= 15 is 0 Å². The number of ether oxygens (including phenoxy) is 1. The van der Waals surface area contributed by atoms with E-state index in [2.05, 4.69) is 37.1 Å². The number of aromatic amines is 1. The van der Waals surface area contributed by atoms with Crippen molar-refractivity contribution in [2.75, 3.05) is 12.4 Å². The fourth-order valence-electron chi connectivity index (χ4n) is 2.92. The Balaban J connectivity index is 1.86. The predicted molar refractivity (Wildman–Crippen MR) is 107 cm³/mol. The first-order valence-electron chi connectivity index (χ1n) is 8.52. The maximum Gasteiger partial charge on any atom is 0.228 e. The van der Waals surface area contributed by atoms with E-state index in [0.29, 0.717) is 10.8 Å². The Morgan fingerprint density at radius 2 is 1.96 bits per heavy atom. The number of hydrogen-bond donors (Lipinski definition) is 2. The lowest BCUT2D eigenvalue weighted by Crippen LogP contribution is -2.15. The Bertz CT molecular complexity index is 954. The lowest BCUT2D eigenvalue weighted by atomic mass is 9.92. The molecule has 0 unspecified atom stereocenters. The van der Waals surface area contributed by atoms with E-state index in [1.807, 2.05) is 18.2 Å². The Kier molecular flexibility index (Phi) is 4.97. The van der Waals surface area contributed by atoms with Gasteiger partial charge in [0.1, 0.15) is 5.75 Å². The summed E-state index contributed by atoms with van der Waals surface area (Å²) >= 11 is 6.05. The number of anilines is 1. The van der Waals surface area contributed by atoms with E-state index in [1.54, 1.807) is 25.3 Å². The lowest BCUT2D eigenvalue weighted by Gasteiger charge is -2.15. The number of nitrogens with one attached hydrogen (secondary N) is 2. The second-order valence-corrected chi connectivity index (χ2v) is 7.82. The predicted octanol–water partition coefficient (Wildman–Crippen LogP) is 5.31. The van der Waals surface area contributed by atoms with E-state index in [4.69, 9.17) is 16.3 Å². The van der Waals surface area contributed by atoms with Gasteiger partial charge < -0.3 is 15.0 Å². The van der Waals surface area contributed by atoms with Crippen molar-refractivity contribution in [1.82, 2.24) is 4.98 Å². The molecule has 3 aromatic rings. The van der Waals surface area contributed by atoms with Gasteiger partial charge >= 0.3 is 0 Å². The highest BCUT2D eigenvalue weighted by Crippen LogP contribution is 2.30. The number of carbonyl (C=O) groups excluding carboxylic acids is 1. The number of aromatic nitrogens is 1. The Morgan fingerprint density at radius 1 is 1.19 bits per heavy atom. The first kappa shape index (κ1) is 18.3. The summed E-state index contributed by atoms with van der Waals surface area (Å²) < 4.78 is 5.32. The molecule has 0 bridgehead atoms. The summed E-state index contributed by atoms with van der Waals surface area (Å²) in [7, 11) is 1.58. The molecule has 0 radical (unpaired) electrons. The van der Waals surface area contributed by atoms with Crippen molar-refractivity contribution in [3.63, 3.8) is 0 Å². The fourth-order valence-corrected chi connectivity index (χ4v) is 3.12. The van der Waals surface area contributed by atoms with Gasteiger partial charge in [-0.15, -0.1) is 0 Å². The number of benzene rings is 2. The molecule has 0 atom stereocenters. The second kappa shape index (κ2) is 7.04. The van der Waals surface area contributed by atoms with Crippen molar-refractivity contribution < 1.29 is 9.53 Å².